The van der Waals surface area contributed by atoms with E-state index in [0.717, 1.165) is 6.42 Å². The smallest absolute Gasteiger partial charge is 0.202 e. The van der Waals surface area contributed by atoms with Crippen molar-refractivity contribution in [2.45, 2.75) is 27.2 Å². The summed E-state index contributed by atoms with van der Waals surface area (Å²) >= 11 is 0. The zero-order valence-electron chi connectivity index (χ0n) is 7.39. The molecule has 0 atom stereocenters. The molecule has 0 heterocycles. The number of nitrogens with zero attached hydrogens (tertiary/aromatic N) is 2. The molecule has 0 aromatic carbocycles. The number of hydrogen-bond donors (Lipinski definition) is 2. The van der Waals surface area contributed by atoms with Gasteiger partial charge in [0.05, 0.1) is 0 Å². The van der Waals surface area contributed by atoms with Crippen molar-refractivity contribution in [1.29, 1.82) is 5.26 Å². The molecule has 0 aliphatic heterocycles. The van der Waals surface area contributed by atoms with Crippen LogP contribution in [-0.4, -0.2) is 12.5 Å². The molecular formula is C7H16N4. The van der Waals surface area contributed by atoms with Gasteiger partial charge in [-0.1, -0.05) is 20.8 Å². The Labute approximate surface area is 68.1 Å². The van der Waals surface area contributed by atoms with Gasteiger partial charge in [-0.25, -0.2) is 0 Å². The molecule has 0 aliphatic carbocycles. The average Bonchev–Trinajstić information content (AvgIpc) is 2.05. The molecule has 0 aromatic heterocycles. The van der Waals surface area contributed by atoms with E-state index in [4.69, 9.17) is 11.0 Å². The van der Waals surface area contributed by atoms with Crippen LogP contribution >= 0.6 is 0 Å². The van der Waals surface area contributed by atoms with Crippen LogP contribution in [-0.2, 0) is 0 Å². The molecule has 0 bridgehead atoms. The Kier molecular flexibility index (Phi) is 13.1. The van der Waals surface area contributed by atoms with E-state index >= 15 is 0 Å². The van der Waals surface area contributed by atoms with Gasteiger partial charge in [0.1, 0.15) is 0 Å². The predicted molar refractivity (Wildman–Crippen MR) is 46.9 cm³/mol. The van der Waals surface area contributed by atoms with Crippen molar-refractivity contribution >= 4 is 5.96 Å². The van der Waals surface area contributed by atoms with Crippen molar-refractivity contribution in [2.24, 2.45) is 10.7 Å². The van der Waals surface area contributed by atoms with E-state index in [1.54, 1.807) is 6.19 Å². The molecule has 0 saturated carbocycles. The molecule has 4 nitrogen and oxygen atoms in total. The van der Waals surface area contributed by atoms with Gasteiger partial charge in [0, 0.05) is 6.54 Å². The lowest BCUT2D eigenvalue weighted by atomic mass is 10.5. The van der Waals surface area contributed by atoms with Crippen LogP contribution in [0.25, 0.3) is 0 Å². The zero-order chi connectivity index (χ0) is 9.11. The summed E-state index contributed by atoms with van der Waals surface area (Å²) in [5.74, 6) is 0.194. The third-order valence-electron chi connectivity index (χ3n) is 0.690. The minimum Gasteiger partial charge on any atom is -0.369 e. The molecule has 0 fully saturated rings. The number of hydrogen-bond acceptors (Lipinski definition) is 2. The van der Waals surface area contributed by atoms with Crippen molar-refractivity contribution in [1.82, 2.24) is 5.32 Å². The Morgan fingerprint density at radius 3 is 2.55 bits per heavy atom. The van der Waals surface area contributed by atoms with Gasteiger partial charge in [-0.15, -0.1) is 0 Å². The molecule has 0 radical (unpaired) electrons. The molecule has 0 unspecified atom stereocenters. The molecule has 0 amide bonds. The molecule has 0 rings (SSSR count). The van der Waals surface area contributed by atoms with Crippen LogP contribution in [0.2, 0.25) is 0 Å². The lowest BCUT2D eigenvalue weighted by Crippen LogP contribution is -2.27. The first-order valence-corrected chi connectivity index (χ1v) is 3.76. The molecule has 0 saturated heterocycles. The van der Waals surface area contributed by atoms with E-state index in [2.05, 4.69) is 10.3 Å². The Bertz CT molecular complexity index is 134. The highest BCUT2D eigenvalue weighted by Gasteiger charge is 1.83. The standard InChI is InChI=1S/C5H10N4.C2H6/c1-2-3-8-5(7)9-4-6;1-2/h2-3H2,1H3,(H3,7,8,9);1-2H3. The average molecular weight is 156 g/mol. The summed E-state index contributed by atoms with van der Waals surface area (Å²) in [6.45, 7) is 6.66. The highest BCUT2D eigenvalue weighted by Crippen LogP contribution is 1.74. The number of guanidine groups is 1. The zero-order valence-corrected chi connectivity index (χ0v) is 7.39. The lowest BCUT2D eigenvalue weighted by Gasteiger charge is -1.92. The van der Waals surface area contributed by atoms with Crippen LogP contribution in [0, 0.1) is 11.5 Å². The first-order chi connectivity index (χ1) is 5.31. The minimum absolute atomic E-state index is 0.194. The maximum atomic E-state index is 8.01. The van der Waals surface area contributed by atoms with E-state index < -0.39 is 0 Å². The molecule has 0 aromatic rings. The van der Waals surface area contributed by atoms with Gasteiger partial charge < -0.3 is 5.73 Å². The number of aliphatic imine (C=N–C) groups is 1. The number of nitrogens with two attached hydrogens (primary N) is 1. The van der Waals surface area contributed by atoms with Crippen molar-refractivity contribution in [3.05, 3.63) is 0 Å². The van der Waals surface area contributed by atoms with Crippen LogP contribution in [0.1, 0.15) is 27.2 Å². The highest BCUT2D eigenvalue weighted by molar-refractivity contribution is 5.79. The first-order valence-electron chi connectivity index (χ1n) is 3.76. The summed E-state index contributed by atoms with van der Waals surface area (Å²) in [5, 5.41) is 10.2. The largest absolute Gasteiger partial charge is 0.369 e. The van der Waals surface area contributed by atoms with Crippen molar-refractivity contribution in [3.63, 3.8) is 0 Å². The summed E-state index contributed by atoms with van der Waals surface area (Å²) in [6.07, 6.45) is 2.61. The van der Waals surface area contributed by atoms with Crippen LogP contribution in [0.15, 0.2) is 4.99 Å². The quantitative estimate of drug-likeness (QED) is 0.269. The predicted octanol–water partition coefficient (Wildman–Crippen LogP) is 0.808. The maximum absolute atomic E-state index is 8.01. The van der Waals surface area contributed by atoms with Gasteiger partial charge >= 0.3 is 0 Å². The van der Waals surface area contributed by atoms with Gasteiger partial charge in [-0.3, -0.25) is 10.3 Å². The second-order valence-electron chi connectivity index (χ2n) is 1.50. The topological polar surface area (TPSA) is 74.2 Å². The highest BCUT2D eigenvalue weighted by atomic mass is 15.1. The fourth-order valence-corrected chi connectivity index (χ4v) is 0.329. The summed E-state index contributed by atoms with van der Waals surface area (Å²) in [6, 6.07) is 0. The maximum Gasteiger partial charge on any atom is 0.202 e. The van der Waals surface area contributed by atoms with E-state index in [1.165, 1.54) is 0 Å². The Hall–Kier alpha value is -1.24. The first kappa shape index (κ1) is 12.4. The van der Waals surface area contributed by atoms with E-state index in [1.807, 2.05) is 20.8 Å². The van der Waals surface area contributed by atoms with E-state index in [0.29, 0.717) is 6.54 Å². The van der Waals surface area contributed by atoms with Crippen LogP contribution in [0.4, 0.5) is 0 Å². The van der Waals surface area contributed by atoms with Gasteiger partial charge in [-0.2, -0.15) is 5.26 Å². The van der Waals surface area contributed by atoms with Crippen LogP contribution < -0.4 is 11.1 Å². The second kappa shape index (κ2) is 11.5. The molecule has 0 spiro atoms. The summed E-state index contributed by atoms with van der Waals surface area (Å²) in [4.78, 5) is 3.79. The molecular weight excluding hydrogens is 140 g/mol. The monoisotopic (exact) mass is 156 g/mol. The fourth-order valence-electron chi connectivity index (χ4n) is 0.329. The van der Waals surface area contributed by atoms with Crippen LogP contribution in [0.3, 0.4) is 0 Å². The second-order valence-corrected chi connectivity index (χ2v) is 1.50. The Morgan fingerprint density at radius 2 is 2.18 bits per heavy atom. The molecule has 64 valence electrons. The fraction of sp³-hybridized carbons (Fsp3) is 0.714. The summed E-state index contributed by atoms with van der Waals surface area (Å²) < 4.78 is 0. The van der Waals surface area contributed by atoms with Crippen molar-refractivity contribution in [3.8, 4) is 6.19 Å². The Morgan fingerprint density at radius 1 is 1.64 bits per heavy atom. The van der Waals surface area contributed by atoms with Crippen molar-refractivity contribution < 1.29 is 0 Å². The van der Waals surface area contributed by atoms with Gasteiger partial charge in [0.15, 0.2) is 6.19 Å². The van der Waals surface area contributed by atoms with Crippen LogP contribution in [0.5, 0.6) is 0 Å². The number of nitriles is 1. The molecule has 3 N–H and O–H groups in total. The molecule has 11 heavy (non-hydrogen) atoms. The molecule has 4 heteroatoms. The summed E-state index contributed by atoms with van der Waals surface area (Å²) in [7, 11) is 0. The minimum atomic E-state index is 0.194. The Balaban J connectivity index is 0. The molecule has 0 aliphatic rings. The van der Waals surface area contributed by atoms with Gasteiger partial charge in [0.2, 0.25) is 5.96 Å². The van der Waals surface area contributed by atoms with Gasteiger partial charge in [0.25, 0.3) is 0 Å². The normalized spacial score (nSPS) is 9.09. The van der Waals surface area contributed by atoms with E-state index in [9.17, 15) is 0 Å². The number of rotatable bonds is 2. The third kappa shape index (κ3) is 12.1. The SMILES string of the molecule is CC.CCCN=C(N)NC#N. The van der Waals surface area contributed by atoms with E-state index in [-0.39, 0.29) is 5.96 Å². The summed E-state index contributed by atoms with van der Waals surface area (Å²) in [5.41, 5.74) is 5.19. The lowest BCUT2D eigenvalue weighted by molar-refractivity contribution is 0.921. The van der Waals surface area contributed by atoms with Gasteiger partial charge in [-0.05, 0) is 6.42 Å². The van der Waals surface area contributed by atoms with Crippen molar-refractivity contribution in [2.75, 3.05) is 6.54 Å². The number of nitrogens with one attached hydrogen (secondary N) is 1. The third-order valence-corrected chi connectivity index (χ3v) is 0.690.